The molecular formula is C16H16FN3O3S. The SMILES string of the molecule is Cc1nn(-c2ccc(F)cc2)c(C)c1S(=O)(=O)NCc1ccco1. The van der Waals surface area contributed by atoms with Crippen molar-refractivity contribution in [2.75, 3.05) is 0 Å². The molecule has 0 aliphatic heterocycles. The molecule has 0 aliphatic carbocycles. The van der Waals surface area contributed by atoms with E-state index in [4.69, 9.17) is 4.42 Å². The predicted octanol–water partition coefficient (Wildman–Crippen LogP) is 2.70. The number of rotatable bonds is 5. The Bertz CT molecular complexity index is 945. The van der Waals surface area contributed by atoms with Gasteiger partial charge in [0, 0.05) is 0 Å². The summed E-state index contributed by atoms with van der Waals surface area (Å²) in [7, 11) is -3.76. The molecule has 0 radical (unpaired) electrons. The Morgan fingerprint density at radius 3 is 2.54 bits per heavy atom. The van der Waals surface area contributed by atoms with Gasteiger partial charge in [0.2, 0.25) is 10.0 Å². The molecule has 2 aromatic heterocycles. The highest BCUT2D eigenvalue weighted by atomic mass is 32.2. The minimum atomic E-state index is -3.76. The molecule has 0 unspecified atom stereocenters. The highest BCUT2D eigenvalue weighted by molar-refractivity contribution is 7.89. The molecule has 3 aromatic rings. The van der Waals surface area contributed by atoms with Gasteiger partial charge >= 0.3 is 0 Å². The Labute approximate surface area is 139 Å². The summed E-state index contributed by atoms with van der Waals surface area (Å²) in [5.74, 6) is 0.146. The van der Waals surface area contributed by atoms with Crippen LogP contribution in [0.1, 0.15) is 17.1 Å². The van der Waals surface area contributed by atoms with Gasteiger partial charge in [-0.05, 0) is 50.2 Å². The monoisotopic (exact) mass is 349 g/mol. The molecule has 0 aliphatic rings. The van der Waals surface area contributed by atoms with E-state index in [1.165, 1.54) is 23.1 Å². The van der Waals surface area contributed by atoms with Crippen molar-refractivity contribution in [3.63, 3.8) is 0 Å². The summed E-state index contributed by atoms with van der Waals surface area (Å²) in [6, 6.07) is 9.06. The second-order valence-corrected chi connectivity index (χ2v) is 7.00. The molecule has 0 bridgehead atoms. The van der Waals surface area contributed by atoms with Crippen molar-refractivity contribution in [1.82, 2.24) is 14.5 Å². The van der Waals surface area contributed by atoms with Gasteiger partial charge < -0.3 is 4.42 Å². The van der Waals surface area contributed by atoms with Gasteiger partial charge in [0.1, 0.15) is 16.5 Å². The van der Waals surface area contributed by atoms with Crippen LogP contribution >= 0.6 is 0 Å². The zero-order valence-electron chi connectivity index (χ0n) is 13.2. The fourth-order valence-corrected chi connectivity index (χ4v) is 3.88. The summed E-state index contributed by atoms with van der Waals surface area (Å²) in [6.45, 7) is 3.33. The first kappa shape index (κ1) is 16.4. The van der Waals surface area contributed by atoms with E-state index in [2.05, 4.69) is 9.82 Å². The number of hydrogen-bond acceptors (Lipinski definition) is 4. The molecule has 0 saturated carbocycles. The molecule has 8 heteroatoms. The average molecular weight is 349 g/mol. The topological polar surface area (TPSA) is 77.1 Å². The minimum Gasteiger partial charge on any atom is -0.468 e. The molecule has 0 spiro atoms. The van der Waals surface area contributed by atoms with Crippen LogP contribution in [-0.2, 0) is 16.6 Å². The van der Waals surface area contributed by atoms with Gasteiger partial charge in [-0.1, -0.05) is 0 Å². The van der Waals surface area contributed by atoms with Crippen LogP contribution in [0.15, 0.2) is 52.0 Å². The van der Waals surface area contributed by atoms with Crippen LogP contribution in [0.5, 0.6) is 0 Å². The lowest BCUT2D eigenvalue weighted by Crippen LogP contribution is -2.24. The first-order valence-corrected chi connectivity index (χ1v) is 8.71. The quantitative estimate of drug-likeness (QED) is 0.768. The lowest BCUT2D eigenvalue weighted by atomic mass is 10.3. The van der Waals surface area contributed by atoms with Gasteiger partial charge in [0.15, 0.2) is 0 Å². The summed E-state index contributed by atoms with van der Waals surface area (Å²) in [4.78, 5) is 0.110. The van der Waals surface area contributed by atoms with Gasteiger partial charge in [-0.3, -0.25) is 0 Å². The standard InChI is InChI=1S/C16H16FN3O3S/c1-11-16(24(21,22)18-10-15-4-3-9-23-15)12(2)20(19-11)14-7-5-13(17)6-8-14/h3-9,18H,10H2,1-2H3. The molecule has 3 rings (SSSR count). The van der Waals surface area contributed by atoms with Gasteiger partial charge in [0.05, 0.1) is 29.9 Å². The van der Waals surface area contributed by atoms with Gasteiger partial charge in [-0.15, -0.1) is 0 Å². The van der Waals surface area contributed by atoms with Crippen molar-refractivity contribution in [3.05, 3.63) is 65.6 Å². The van der Waals surface area contributed by atoms with E-state index in [0.717, 1.165) is 0 Å². The van der Waals surface area contributed by atoms with Gasteiger partial charge in [0.25, 0.3) is 0 Å². The summed E-state index contributed by atoms with van der Waals surface area (Å²) in [5.41, 5.74) is 1.40. The number of sulfonamides is 1. The molecule has 1 N–H and O–H groups in total. The molecule has 2 heterocycles. The average Bonchev–Trinajstić information content (AvgIpc) is 3.14. The Balaban J connectivity index is 1.94. The second kappa shape index (κ2) is 6.21. The van der Waals surface area contributed by atoms with E-state index in [9.17, 15) is 12.8 Å². The lowest BCUT2D eigenvalue weighted by Gasteiger charge is -2.07. The maximum atomic E-state index is 13.1. The molecule has 24 heavy (non-hydrogen) atoms. The fourth-order valence-electron chi connectivity index (χ4n) is 2.50. The van der Waals surface area contributed by atoms with E-state index in [1.807, 2.05) is 0 Å². The molecule has 0 atom stereocenters. The number of nitrogens with one attached hydrogen (secondary N) is 1. The van der Waals surface area contributed by atoms with E-state index in [-0.39, 0.29) is 17.3 Å². The first-order valence-electron chi connectivity index (χ1n) is 7.23. The Hall–Kier alpha value is -2.45. The van der Waals surface area contributed by atoms with Crippen LogP contribution in [0, 0.1) is 19.7 Å². The van der Waals surface area contributed by atoms with Crippen LogP contribution in [-0.4, -0.2) is 18.2 Å². The van der Waals surface area contributed by atoms with Crippen molar-refractivity contribution in [3.8, 4) is 5.69 Å². The molecule has 0 saturated heterocycles. The smallest absolute Gasteiger partial charge is 0.244 e. The normalized spacial score (nSPS) is 11.8. The van der Waals surface area contributed by atoms with Crippen LogP contribution in [0.2, 0.25) is 0 Å². The fraction of sp³-hybridized carbons (Fsp3) is 0.188. The number of hydrogen-bond donors (Lipinski definition) is 1. The summed E-state index contributed by atoms with van der Waals surface area (Å²) in [5, 5.41) is 4.27. The van der Waals surface area contributed by atoms with E-state index in [1.54, 1.807) is 38.1 Å². The van der Waals surface area contributed by atoms with Crippen molar-refractivity contribution in [2.45, 2.75) is 25.3 Å². The third kappa shape index (κ3) is 3.10. The lowest BCUT2D eigenvalue weighted by molar-refractivity contribution is 0.498. The Morgan fingerprint density at radius 2 is 1.92 bits per heavy atom. The molecule has 0 fully saturated rings. The van der Waals surface area contributed by atoms with E-state index in [0.29, 0.717) is 22.8 Å². The zero-order valence-corrected chi connectivity index (χ0v) is 14.0. The van der Waals surface area contributed by atoms with Crippen LogP contribution in [0.4, 0.5) is 4.39 Å². The number of benzene rings is 1. The molecular weight excluding hydrogens is 333 g/mol. The highest BCUT2D eigenvalue weighted by Crippen LogP contribution is 2.22. The summed E-state index contributed by atoms with van der Waals surface area (Å²) in [6.07, 6.45) is 1.48. The largest absolute Gasteiger partial charge is 0.468 e. The van der Waals surface area contributed by atoms with Crippen molar-refractivity contribution < 1.29 is 17.2 Å². The maximum absolute atomic E-state index is 13.1. The van der Waals surface area contributed by atoms with Crippen LogP contribution < -0.4 is 4.72 Å². The van der Waals surface area contributed by atoms with Gasteiger partial charge in [-0.2, -0.15) is 5.10 Å². The number of aryl methyl sites for hydroxylation is 1. The van der Waals surface area contributed by atoms with Crippen LogP contribution in [0.3, 0.4) is 0 Å². The van der Waals surface area contributed by atoms with Crippen molar-refractivity contribution in [1.29, 1.82) is 0 Å². The minimum absolute atomic E-state index is 0.0515. The number of halogens is 1. The number of nitrogens with zero attached hydrogens (tertiary/aromatic N) is 2. The van der Waals surface area contributed by atoms with Gasteiger partial charge in [-0.25, -0.2) is 22.2 Å². The predicted molar refractivity (Wildman–Crippen MR) is 85.7 cm³/mol. The third-order valence-electron chi connectivity index (χ3n) is 3.58. The Kier molecular flexibility index (Phi) is 4.25. The molecule has 1 aromatic carbocycles. The van der Waals surface area contributed by atoms with E-state index < -0.39 is 10.0 Å². The highest BCUT2D eigenvalue weighted by Gasteiger charge is 2.25. The Morgan fingerprint density at radius 1 is 1.21 bits per heavy atom. The molecule has 0 amide bonds. The van der Waals surface area contributed by atoms with Crippen LogP contribution in [0.25, 0.3) is 5.69 Å². The van der Waals surface area contributed by atoms with Crippen molar-refractivity contribution in [2.24, 2.45) is 0 Å². The second-order valence-electron chi connectivity index (χ2n) is 5.29. The first-order chi connectivity index (χ1) is 11.4. The third-order valence-corrected chi connectivity index (χ3v) is 5.23. The summed E-state index contributed by atoms with van der Waals surface area (Å²) < 4.78 is 47.4. The molecule has 6 nitrogen and oxygen atoms in total. The zero-order chi connectivity index (χ0) is 17.3. The number of aromatic nitrogens is 2. The maximum Gasteiger partial charge on any atom is 0.244 e. The van der Waals surface area contributed by atoms with Crippen molar-refractivity contribution >= 4 is 10.0 Å². The van der Waals surface area contributed by atoms with E-state index >= 15 is 0 Å². The summed E-state index contributed by atoms with van der Waals surface area (Å²) >= 11 is 0. The molecule has 126 valence electrons. The number of furan rings is 1.